The van der Waals surface area contributed by atoms with Gasteiger partial charge in [-0.15, -0.1) is 0 Å². The third-order valence-electron chi connectivity index (χ3n) is 2.89. The topological polar surface area (TPSA) is 37.3 Å². The number of carbonyl (C=O) groups excluding carboxylic acids is 1. The van der Waals surface area contributed by atoms with Crippen LogP contribution in [0.4, 0.5) is 0 Å². The summed E-state index contributed by atoms with van der Waals surface area (Å²) in [6.07, 6.45) is 23.2. The van der Waals surface area contributed by atoms with Crippen LogP contribution in [0.3, 0.4) is 0 Å². The van der Waals surface area contributed by atoms with E-state index in [1.165, 1.54) is 0 Å². The van der Waals surface area contributed by atoms with Crippen molar-refractivity contribution < 1.29 is 9.90 Å². The van der Waals surface area contributed by atoms with Crippen molar-refractivity contribution in [2.24, 2.45) is 0 Å². The zero-order chi connectivity index (χ0) is 18.5. The summed E-state index contributed by atoms with van der Waals surface area (Å²) in [5.41, 5.74) is 0. The molecule has 0 saturated carbocycles. The molecule has 1 unspecified atom stereocenters. The molecule has 1 atom stereocenters. The van der Waals surface area contributed by atoms with Gasteiger partial charge in [-0.1, -0.05) is 94.2 Å². The van der Waals surface area contributed by atoms with Gasteiger partial charge in [0, 0.05) is 12.8 Å². The molecular formula is C22H34O2. The van der Waals surface area contributed by atoms with Crippen molar-refractivity contribution in [1.82, 2.24) is 0 Å². The number of hydrogen-bond donors (Lipinski definition) is 1. The molecule has 0 aromatic rings. The highest BCUT2D eigenvalue weighted by Gasteiger charge is 1.97. The van der Waals surface area contributed by atoms with E-state index in [0.29, 0.717) is 18.6 Å². The van der Waals surface area contributed by atoms with Gasteiger partial charge >= 0.3 is 0 Å². The Bertz CT molecular complexity index is 425. The Kier molecular flexibility index (Phi) is 21.4. The molecule has 0 aromatic heterocycles. The highest BCUT2D eigenvalue weighted by molar-refractivity contribution is 5.79. The maximum absolute atomic E-state index is 11.0. The third-order valence-corrected chi connectivity index (χ3v) is 2.89. The fourth-order valence-corrected chi connectivity index (χ4v) is 1.71. The molecule has 0 amide bonds. The monoisotopic (exact) mass is 330 g/mol. The summed E-state index contributed by atoms with van der Waals surface area (Å²) in [7, 11) is 0. The van der Waals surface area contributed by atoms with E-state index in [9.17, 15) is 9.90 Å². The molecular weight excluding hydrogens is 296 g/mol. The van der Waals surface area contributed by atoms with E-state index in [2.05, 4.69) is 20.1 Å². The van der Waals surface area contributed by atoms with Crippen molar-refractivity contribution in [1.29, 1.82) is 0 Å². The number of rotatable bonds is 12. The summed E-state index contributed by atoms with van der Waals surface area (Å²) in [5, 5.41) is 9.31. The Balaban J connectivity index is 0. The quantitative estimate of drug-likeness (QED) is 0.454. The summed E-state index contributed by atoms with van der Waals surface area (Å²) >= 11 is 0. The van der Waals surface area contributed by atoms with E-state index in [1.807, 2.05) is 55.5 Å². The van der Waals surface area contributed by atoms with Crippen molar-refractivity contribution in [3.8, 4) is 0 Å². The van der Waals surface area contributed by atoms with Gasteiger partial charge in [0.05, 0.1) is 6.10 Å². The number of ketones is 1. The molecule has 0 bridgehead atoms. The maximum atomic E-state index is 11.0. The van der Waals surface area contributed by atoms with Crippen molar-refractivity contribution in [3.63, 3.8) is 0 Å². The normalized spacial score (nSPS) is 12.6. The zero-order valence-electron chi connectivity index (χ0n) is 15.4. The van der Waals surface area contributed by atoms with Gasteiger partial charge in [-0.3, -0.25) is 4.79 Å². The molecule has 2 nitrogen and oxygen atoms in total. The van der Waals surface area contributed by atoms with Crippen LogP contribution >= 0.6 is 0 Å². The average molecular weight is 331 g/mol. The lowest BCUT2D eigenvalue weighted by Gasteiger charge is -2.03. The van der Waals surface area contributed by atoms with E-state index in [-0.39, 0.29) is 6.10 Å². The van der Waals surface area contributed by atoms with Crippen LogP contribution in [0.25, 0.3) is 0 Å². The predicted octanol–water partition coefficient (Wildman–Crippen LogP) is 5.88. The van der Waals surface area contributed by atoms with Gasteiger partial charge < -0.3 is 5.11 Å². The second-order valence-corrected chi connectivity index (χ2v) is 5.27. The molecule has 0 aliphatic carbocycles. The average Bonchev–Trinajstić information content (AvgIpc) is 2.56. The molecule has 0 aliphatic rings. The van der Waals surface area contributed by atoms with Crippen LogP contribution in [0.1, 0.15) is 52.4 Å². The summed E-state index contributed by atoms with van der Waals surface area (Å²) < 4.78 is 0. The SMILES string of the molecule is C=C/C=C/C=CCC(=O)CCC.C=C/C=C/C=CCC(O)CCC. The number of Topliss-reactive ketones (excluding diaryl/α,β-unsaturated/α-hetero) is 1. The minimum absolute atomic E-state index is 0.177. The Hall–Kier alpha value is -1.93. The van der Waals surface area contributed by atoms with Crippen LogP contribution < -0.4 is 0 Å². The van der Waals surface area contributed by atoms with E-state index in [0.717, 1.165) is 25.7 Å². The van der Waals surface area contributed by atoms with Gasteiger partial charge in [0.1, 0.15) is 5.78 Å². The first-order chi connectivity index (χ1) is 11.6. The minimum Gasteiger partial charge on any atom is -0.393 e. The van der Waals surface area contributed by atoms with Crippen LogP contribution in [-0.2, 0) is 4.79 Å². The van der Waals surface area contributed by atoms with Gasteiger partial charge in [0.25, 0.3) is 0 Å². The van der Waals surface area contributed by atoms with Crippen LogP contribution in [-0.4, -0.2) is 17.0 Å². The van der Waals surface area contributed by atoms with Gasteiger partial charge in [-0.2, -0.15) is 0 Å². The molecule has 0 aromatic carbocycles. The molecule has 0 spiro atoms. The Morgan fingerprint density at radius 2 is 1.50 bits per heavy atom. The molecule has 0 heterocycles. The number of carbonyl (C=O) groups is 1. The second-order valence-electron chi connectivity index (χ2n) is 5.27. The number of hydrogen-bond acceptors (Lipinski definition) is 2. The molecule has 2 heteroatoms. The first kappa shape index (κ1) is 24.3. The van der Waals surface area contributed by atoms with E-state index >= 15 is 0 Å². The predicted molar refractivity (Wildman–Crippen MR) is 107 cm³/mol. The lowest BCUT2D eigenvalue weighted by molar-refractivity contribution is -0.118. The first-order valence-corrected chi connectivity index (χ1v) is 8.70. The van der Waals surface area contributed by atoms with Crippen molar-refractivity contribution in [2.45, 2.75) is 58.5 Å². The Labute approximate surface area is 148 Å². The fraction of sp³-hybridized carbons (Fsp3) is 0.409. The molecule has 1 N–H and O–H groups in total. The number of aliphatic hydroxyl groups is 1. The van der Waals surface area contributed by atoms with Crippen LogP contribution in [0.15, 0.2) is 73.9 Å². The van der Waals surface area contributed by atoms with Gasteiger partial charge in [-0.25, -0.2) is 0 Å². The van der Waals surface area contributed by atoms with Crippen molar-refractivity contribution in [3.05, 3.63) is 73.9 Å². The van der Waals surface area contributed by atoms with E-state index in [4.69, 9.17) is 0 Å². The molecule has 0 rings (SSSR count). The summed E-state index contributed by atoms with van der Waals surface area (Å²) in [5.74, 6) is 0.306. The highest BCUT2D eigenvalue weighted by Crippen LogP contribution is 2.01. The van der Waals surface area contributed by atoms with Crippen LogP contribution in [0, 0.1) is 0 Å². The standard InChI is InChI=1S/C11H18O.C11H16O/c2*1-3-5-6-7-8-10-11(12)9-4-2/h3,5-8,11-12H,1,4,9-10H2,2H3;3,5-8H,1,4,9-10H2,2H3/b2*6-5+,8-7?. The maximum Gasteiger partial charge on any atom is 0.136 e. The number of allylic oxidation sites excluding steroid dienone is 9. The smallest absolute Gasteiger partial charge is 0.136 e. The summed E-state index contributed by atoms with van der Waals surface area (Å²) in [4.78, 5) is 11.0. The molecule has 0 radical (unpaired) electrons. The molecule has 24 heavy (non-hydrogen) atoms. The fourth-order valence-electron chi connectivity index (χ4n) is 1.71. The minimum atomic E-state index is -0.177. The summed E-state index contributed by atoms with van der Waals surface area (Å²) in [6.45, 7) is 11.2. The Morgan fingerprint density at radius 3 is 2.00 bits per heavy atom. The van der Waals surface area contributed by atoms with Gasteiger partial charge in [-0.05, 0) is 19.3 Å². The third kappa shape index (κ3) is 22.4. The Morgan fingerprint density at radius 1 is 0.917 bits per heavy atom. The van der Waals surface area contributed by atoms with Crippen LogP contribution in [0.5, 0.6) is 0 Å². The molecule has 0 aliphatic heterocycles. The molecule has 0 saturated heterocycles. The van der Waals surface area contributed by atoms with E-state index < -0.39 is 0 Å². The zero-order valence-corrected chi connectivity index (χ0v) is 15.4. The summed E-state index contributed by atoms with van der Waals surface area (Å²) in [6, 6.07) is 0. The first-order valence-electron chi connectivity index (χ1n) is 8.70. The lowest BCUT2D eigenvalue weighted by Crippen LogP contribution is -2.02. The van der Waals surface area contributed by atoms with Gasteiger partial charge in [0.15, 0.2) is 0 Å². The second kappa shape index (κ2) is 21.1. The molecule has 134 valence electrons. The highest BCUT2D eigenvalue weighted by atomic mass is 16.3. The van der Waals surface area contributed by atoms with Crippen LogP contribution in [0.2, 0.25) is 0 Å². The molecule has 0 fully saturated rings. The number of aliphatic hydroxyl groups excluding tert-OH is 1. The largest absolute Gasteiger partial charge is 0.393 e. The van der Waals surface area contributed by atoms with E-state index in [1.54, 1.807) is 12.2 Å². The van der Waals surface area contributed by atoms with Crippen molar-refractivity contribution in [2.75, 3.05) is 0 Å². The van der Waals surface area contributed by atoms with Gasteiger partial charge in [0.2, 0.25) is 0 Å². The van der Waals surface area contributed by atoms with Crippen molar-refractivity contribution >= 4 is 5.78 Å². The lowest BCUT2D eigenvalue weighted by atomic mass is 10.1.